The molecule has 3 aromatic rings. The van der Waals surface area contributed by atoms with Crippen LogP contribution in [0.4, 0.5) is 0 Å². The molecule has 0 spiro atoms. The number of nitrogens with zero attached hydrogens (tertiary/aromatic N) is 3. The van der Waals surface area contributed by atoms with Crippen molar-refractivity contribution >= 4 is 39.7 Å². The van der Waals surface area contributed by atoms with E-state index in [0.717, 1.165) is 15.7 Å². The lowest BCUT2D eigenvalue weighted by Crippen LogP contribution is -1.99. The Morgan fingerprint density at radius 2 is 1.95 bits per heavy atom. The zero-order chi connectivity index (χ0) is 14.1. The Morgan fingerprint density at radius 1 is 1.20 bits per heavy atom. The van der Waals surface area contributed by atoms with Crippen molar-refractivity contribution in [1.29, 1.82) is 0 Å². The molecule has 0 aliphatic rings. The highest BCUT2D eigenvalue weighted by Crippen LogP contribution is 2.28. The molecule has 3 rings (SSSR count). The Morgan fingerprint density at radius 3 is 2.70 bits per heavy atom. The maximum absolute atomic E-state index is 6.28. The standard InChI is InChI=1S/C13H8BrClN4S/c14-9-1-2-10(15)11(7-9)19-12(17-18-13(19)20)8-3-5-16-6-4-8/h1-7H,(H,18,20). The van der Waals surface area contributed by atoms with Gasteiger partial charge in [0.25, 0.3) is 0 Å². The summed E-state index contributed by atoms with van der Waals surface area (Å²) in [5, 5.41) is 7.68. The van der Waals surface area contributed by atoms with E-state index in [-0.39, 0.29) is 0 Å². The van der Waals surface area contributed by atoms with E-state index < -0.39 is 0 Å². The van der Waals surface area contributed by atoms with E-state index in [9.17, 15) is 0 Å². The monoisotopic (exact) mass is 366 g/mol. The summed E-state index contributed by atoms with van der Waals surface area (Å²) in [5.74, 6) is 0.692. The summed E-state index contributed by atoms with van der Waals surface area (Å²) in [6.45, 7) is 0. The van der Waals surface area contributed by atoms with Crippen LogP contribution in [0, 0.1) is 4.77 Å². The van der Waals surface area contributed by atoms with E-state index in [1.807, 2.05) is 30.3 Å². The maximum Gasteiger partial charge on any atom is 0.200 e. The number of hydrogen-bond acceptors (Lipinski definition) is 3. The topological polar surface area (TPSA) is 46.5 Å². The predicted molar refractivity (Wildman–Crippen MR) is 84.7 cm³/mol. The van der Waals surface area contributed by atoms with Gasteiger partial charge in [-0.2, -0.15) is 5.10 Å². The molecule has 7 heteroatoms. The zero-order valence-electron chi connectivity index (χ0n) is 10.0. The number of halogens is 2. The van der Waals surface area contributed by atoms with Gasteiger partial charge >= 0.3 is 0 Å². The third-order valence-electron chi connectivity index (χ3n) is 2.76. The first-order chi connectivity index (χ1) is 9.66. The molecule has 4 nitrogen and oxygen atoms in total. The molecule has 20 heavy (non-hydrogen) atoms. The number of pyridine rings is 1. The molecular formula is C13H8BrClN4S. The van der Waals surface area contributed by atoms with Crippen molar-refractivity contribution in [2.24, 2.45) is 0 Å². The van der Waals surface area contributed by atoms with Gasteiger partial charge in [-0.3, -0.25) is 14.6 Å². The van der Waals surface area contributed by atoms with Gasteiger partial charge in [0, 0.05) is 22.4 Å². The van der Waals surface area contributed by atoms with Gasteiger partial charge in [0.15, 0.2) is 10.6 Å². The van der Waals surface area contributed by atoms with Gasteiger partial charge in [-0.05, 0) is 42.5 Å². The second-order valence-electron chi connectivity index (χ2n) is 4.02. The van der Waals surface area contributed by atoms with Crippen LogP contribution >= 0.6 is 39.7 Å². The lowest BCUT2D eigenvalue weighted by molar-refractivity contribution is 1.03. The summed E-state index contributed by atoms with van der Waals surface area (Å²) in [5.41, 5.74) is 1.68. The molecule has 1 N–H and O–H groups in total. The summed E-state index contributed by atoms with van der Waals surface area (Å²) in [6.07, 6.45) is 3.42. The quantitative estimate of drug-likeness (QED) is 0.683. The smallest absolute Gasteiger partial charge is 0.200 e. The van der Waals surface area contributed by atoms with Crippen LogP contribution < -0.4 is 0 Å². The van der Waals surface area contributed by atoms with Crippen molar-refractivity contribution in [2.75, 3.05) is 0 Å². The van der Waals surface area contributed by atoms with Crippen LogP contribution in [0.3, 0.4) is 0 Å². The number of nitrogens with one attached hydrogen (secondary N) is 1. The third-order valence-corrected chi connectivity index (χ3v) is 3.85. The molecule has 2 heterocycles. The highest BCUT2D eigenvalue weighted by molar-refractivity contribution is 9.10. The molecule has 0 atom stereocenters. The Labute approximate surface area is 133 Å². The fourth-order valence-electron chi connectivity index (χ4n) is 1.87. The predicted octanol–water partition coefficient (Wildman–Crippen LogP) is 4.41. The van der Waals surface area contributed by atoms with Gasteiger partial charge in [-0.15, -0.1) is 0 Å². The fourth-order valence-corrected chi connectivity index (χ4v) is 2.65. The molecule has 0 amide bonds. The number of H-pyrrole nitrogens is 1. The molecule has 0 unspecified atom stereocenters. The summed E-state index contributed by atoms with van der Waals surface area (Å²) >= 11 is 15.0. The van der Waals surface area contributed by atoms with Crippen LogP contribution in [0.5, 0.6) is 0 Å². The minimum absolute atomic E-state index is 0.483. The molecule has 0 fully saturated rings. The largest absolute Gasteiger partial charge is 0.267 e. The number of aromatic nitrogens is 4. The zero-order valence-corrected chi connectivity index (χ0v) is 13.2. The van der Waals surface area contributed by atoms with Gasteiger partial charge in [0.1, 0.15) is 0 Å². The summed E-state index contributed by atoms with van der Waals surface area (Å²) < 4.78 is 3.20. The molecule has 0 saturated carbocycles. The highest BCUT2D eigenvalue weighted by atomic mass is 79.9. The lowest BCUT2D eigenvalue weighted by Gasteiger charge is -2.09. The van der Waals surface area contributed by atoms with Crippen molar-refractivity contribution in [1.82, 2.24) is 19.7 Å². The number of rotatable bonds is 2. The molecule has 1 aromatic carbocycles. The molecule has 0 aliphatic heterocycles. The van der Waals surface area contributed by atoms with E-state index in [1.54, 1.807) is 17.0 Å². The molecule has 0 bridgehead atoms. The van der Waals surface area contributed by atoms with E-state index in [1.165, 1.54) is 0 Å². The van der Waals surface area contributed by atoms with Gasteiger partial charge < -0.3 is 0 Å². The Balaban J connectivity index is 2.27. The second kappa shape index (κ2) is 5.47. The van der Waals surface area contributed by atoms with Gasteiger partial charge in [-0.25, -0.2) is 0 Å². The fraction of sp³-hybridized carbons (Fsp3) is 0. The van der Waals surface area contributed by atoms with Gasteiger partial charge in [0.05, 0.1) is 10.7 Å². The number of aromatic amines is 1. The van der Waals surface area contributed by atoms with Crippen molar-refractivity contribution in [3.8, 4) is 17.1 Å². The molecule has 100 valence electrons. The Kier molecular flexibility index (Phi) is 3.69. The highest BCUT2D eigenvalue weighted by Gasteiger charge is 2.13. The SMILES string of the molecule is S=c1[nH]nc(-c2ccncc2)n1-c1cc(Br)ccc1Cl. The molecule has 2 aromatic heterocycles. The Hall–Kier alpha value is -1.50. The summed E-state index contributed by atoms with van der Waals surface area (Å²) in [6, 6.07) is 9.33. The second-order valence-corrected chi connectivity index (χ2v) is 5.73. The van der Waals surface area contributed by atoms with Crippen molar-refractivity contribution in [2.45, 2.75) is 0 Å². The van der Waals surface area contributed by atoms with Gasteiger partial charge in [-0.1, -0.05) is 27.5 Å². The molecule has 0 saturated heterocycles. The first-order valence-electron chi connectivity index (χ1n) is 5.70. The normalized spacial score (nSPS) is 10.7. The minimum Gasteiger partial charge on any atom is -0.267 e. The van der Waals surface area contributed by atoms with Crippen molar-refractivity contribution in [3.63, 3.8) is 0 Å². The molecular weight excluding hydrogens is 360 g/mol. The van der Waals surface area contributed by atoms with Crippen LogP contribution in [0.15, 0.2) is 47.2 Å². The summed E-state index contributed by atoms with van der Waals surface area (Å²) in [7, 11) is 0. The van der Waals surface area contributed by atoms with Crippen LogP contribution in [0.25, 0.3) is 17.1 Å². The van der Waals surface area contributed by atoms with Crippen molar-refractivity contribution in [3.05, 3.63) is 57.0 Å². The van der Waals surface area contributed by atoms with E-state index >= 15 is 0 Å². The van der Waals surface area contributed by atoms with Crippen LogP contribution in [-0.2, 0) is 0 Å². The lowest BCUT2D eigenvalue weighted by atomic mass is 10.2. The van der Waals surface area contributed by atoms with Crippen LogP contribution in [0.1, 0.15) is 0 Å². The first kappa shape index (κ1) is 13.5. The maximum atomic E-state index is 6.28. The average molecular weight is 368 g/mol. The van der Waals surface area contributed by atoms with Crippen LogP contribution in [0.2, 0.25) is 5.02 Å². The van der Waals surface area contributed by atoms with Crippen molar-refractivity contribution < 1.29 is 0 Å². The Bertz CT molecular complexity index is 813. The number of benzene rings is 1. The van der Waals surface area contributed by atoms with Crippen LogP contribution in [-0.4, -0.2) is 19.7 Å². The average Bonchev–Trinajstić information content (AvgIpc) is 2.84. The summed E-state index contributed by atoms with van der Waals surface area (Å²) in [4.78, 5) is 4.00. The van der Waals surface area contributed by atoms with Gasteiger partial charge in [0.2, 0.25) is 0 Å². The van der Waals surface area contributed by atoms with E-state index in [0.29, 0.717) is 15.6 Å². The molecule has 0 radical (unpaired) electrons. The molecule has 0 aliphatic carbocycles. The van der Waals surface area contributed by atoms with E-state index in [4.69, 9.17) is 23.8 Å². The first-order valence-corrected chi connectivity index (χ1v) is 7.28. The van der Waals surface area contributed by atoms with E-state index in [2.05, 4.69) is 31.1 Å². The number of hydrogen-bond donors (Lipinski definition) is 1. The minimum atomic E-state index is 0.483. The third kappa shape index (κ3) is 2.42.